The maximum absolute atomic E-state index is 6.04. The Bertz CT molecular complexity index is 484. The molecular formula is C10H7Cl2NOS. The standard InChI is InChI=1S/C10H7Cl2NOS/c11-8-3-1-2-7(10(8)12)9-4-6(5-15)13-14-9/h1-4,15H,5H2. The van der Waals surface area contributed by atoms with Gasteiger partial charge in [0, 0.05) is 17.4 Å². The molecule has 5 heteroatoms. The summed E-state index contributed by atoms with van der Waals surface area (Å²) in [4.78, 5) is 0. The maximum atomic E-state index is 6.04. The molecule has 0 radical (unpaired) electrons. The summed E-state index contributed by atoms with van der Waals surface area (Å²) >= 11 is 16.0. The summed E-state index contributed by atoms with van der Waals surface area (Å²) in [5.41, 5.74) is 1.51. The molecule has 0 saturated heterocycles. The first kappa shape index (κ1) is 10.9. The highest BCUT2D eigenvalue weighted by Gasteiger charge is 2.11. The number of hydrogen-bond donors (Lipinski definition) is 1. The summed E-state index contributed by atoms with van der Waals surface area (Å²) in [6.07, 6.45) is 0. The van der Waals surface area contributed by atoms with Crippen LogP contribution in [0.5, 0.6) is 0 Å². The van der Waals surface area contributed by atoms with Gasteiger partial charge in [-0.25, -0.2) is 0 Å². The van der Waals surface area contributed by atoms with E-state index in [9.17, 15) is 0 Å². The van der Waals surface area contributed by atoms with Crippen molar-refractivity contribution in [1.29, 1.82) is 0 Å². The molecule has 2 nitrogen and oxygen atoms in total. The Balaban J connectivity index is 2.49. The highest BCUT2D eigenvalue weighted by Crippen LogP contribution is 2.33. The number of hydrogen-bond acceptors (Lipinski definition) is 3. The van der Waals surface area contributed by atoms with E-state index in [1.807, 2.05) is 12.1 Å². The molecule has 0 atom stereocenters. The third-order valence-electron chi connectivity index (χ3n) is 1.94. The van der Waals surface area contributed by atoms with E-state index >= 15 is 0 Å². The Morgan fingerprint density at radius 3 is 2.80 bits per heavy atom. The van der Waals surface area contributed by atoms with Gasteiger partial charge in [-0.1, -0.05) is 34.4 Å². The molecule has 1 aromatic carbocycles. The minimum atomic E-state index is 0.473. The molecule has 1 heterocycles. The molecule has 0 unspecified atom stereocenters. The summed E-state index contributed by atoms with van der Waals surface area (Å²) < 4.78 is 5.14. The van der Waals surface area contributed by atoms with Crippen molar-refractivity contribution in [3.05, 3.63) is 40.0 Å². The second-order valence-corrected chi connectivity index (χ2v) is 4.04. The van der Waals surface area contributed by atoms with Crippen molar-refractivity contribution < 1.29 is 4.52 Å². The smallest absolute Gasteiger partial charge is 0.168 e. The molecule has 0 fully saturated rings. The van der Waals surface area contributed by atoms with E-state index in [4.69, 9.17) is 27.7 Å². The summed E-state index contributed by atoms with van der Waals surface area (Å²) in [6, 6.07) is 7.16. The molecule has 0 aliphatic heterocycles. The predicted molar refractivity (Wildman–Crippen MR) is 64.6 cm³/mol. The monoisotopic (exact) mass is 259 g/mol. The lowest BCUT2D eigenvalue weighted by Crippen LogP contribution is -1.77. The van der Waals surface area contributed by atoms with E-state index in [1.54, 1.807) is 12.1 Å². The molecule has 2 rings (SSSR count). The highest BCUT2D eigenvalue weighted by molar-refractivity contribution is 7.79. The Morgan fingerprint density at radius 2 is 2.13 bits per heavy atom. The van der Waals surface area contributed by atoms with Crippen LogP contribution in [0.2, 0.25) is 10.0 Å². The van der Waals surface area contributed by atoms with Crippen LogP contribution in [0.4, 0.5) is 0 Å². The van der Waals surface area contributed by atoms with E-state index in [1.165, 1.54) is 0 Å². The second kappa shape index (κ2) is 4.47. The molecule has 2 aromatic rings. The van der Waals surface area contributed by atoms with Gasteiger partial charge in [-0.15, -0.1) is 0 Å². The molecule has 78 valence electrons. The highest BCUT2D eigenvalue weighted by atomic mass is 35.5. The molecule has 0 aliphatic rings. The zero-order valence-corrected chi connectivity index (χ0v) is 9.98. The van der Waals surface area contributed by atoms with Crippen molar-refractivity contribution in [1.82, 2.24) is 5.16 Å². The lowest BCUT2D eigenvalue weighted by molar-refractivity contribution is 0.426. The van der Waals surface area contributed by atoms with Gasteiger partial charge in [0.25, 0.3) is 0 Å². The van der Waals surface area contributed by atoms with Crippen LogP contribution in [0, 0.1) is 0 Å². The van der Waals surface area contributed by atoms with Crippen LogP contribution >= 0.6 is 35.8 Å². The maximum Gasteiger partial charge on any atom is 0.168 e. The van der Waals surface area contributed by atoms with E-state index in [0.717, 1.165) is 11.3 Å². The number of nitrogens with zero attached hydrogens (tertiary/aromatic N) is 1. The molecule has 0 saturated carbocycles. The van der Waals surface area contributed by atoms with Crippen molar-refractivity contribution in [3.8, 4) is 11.3 Å². The molecule has 15 heavy (non-hydrogen) atoms. The van der Waals surface area contributed by atoms with Crippen LogP contribution in [0.3, 0.4) is 0 Å². The summed E-state index contributed by atoms with van der Waals surface area (Å²) in [5.74, 6) is 1.13. The fourth-order valence-corrected chi connectivity index (χ4v) is 1.75. The Morgan fingerprint density at radius 1 is 1.33 bits per heavy atom. The first-order valence-corrected chi connectivity index (χ1v) is 5.62. The molecule has 1 aromatic heterocycles. The number of rotatable bonds is 2. The first-order chi connectivity index (χ1) is 7.22. The van der Waals surface area contributed by atoms with Gasteiger partial charge in [-0.2, -0.15) is 12.6 Å². The molecule has 0 amide bonds. The van der Waals surface area contributed by atoms with Crippen LogP contribution < -0.4 is 0 Å². The molecule has 0 aliphatic carbocycles. The van der Waals surface area contributed by atoms with Crippen molar-refractivity contribution in [3.63, 3.8) is 0 Å². The van der Waals surface area contributed by atoms with Crippen molar-refractivity contribution in [2.24, 2.45) is 0 Å². The summed E-state index contributed by atoms with van der Waals surface area (Å²) in [5, 5.41) is 4.80. The van der Waals surface area contributed by atoms with Gasteiger partial charge in [0.15, 0.2) is 5.76 Å². The number of thiol groups is 1. The van der Waals surface area contributed by atoms with E-state index in [2.05, 4.69) is 17.8 Å². The summed E-state index contributed by atoms with van der Waals surface area (Å²) in [7, 11) is 0. The number of halogens is 2. The normalized spacial score (nSPS) is 10.6. The Labute approximate surface area is 103 Å². The largest absolute Gasteiger partial charge is 0.356 e. The van der Waals surface area contributed by atoms with Gasteiger partial charge in [0.1, 0.15) is 0 Å². The van der Waals surface area contributed by atoms with Crippen LogP contribution in [0.15, 0.2) is 28.8 Å². The lowest BCUT2D eigenvalue weighted by atomic mass is 10.1. The minimum Gasteiger partial charge on any atom is -0.356 e. The zero-order chi connectivity index (χ0) is 10.8. The van der Waals surface area contributed by atoms with Crippen LogP contribution in [-0.2, 0) is 5.75 Å². The lowest BCUT2D eigenvalue weighted by Gasteiger charge is -2.00. The zero-order valence-electron chi connectivity index (χ0n) is 7.58. The average Bonchev–Trinajstić information content (AvgIpc) is 2.70. The fraction of sp³-hybridized carbons (Fsp3) is 0.100. The SMILES string of the molecule is SCc1cc(-c2cccc(Cl)c2Cl)on1. The molecule has 0 bridgehead atoms. The minimum absolute atomic E-state index is 0.473. The predicted octanol–water partition coefficient (Wildman–Crippen LogP) is 4.08. The topological polar surface area (TPSA) is 26.0 Å². The van der Waals surface area contributed by atoms with E-state index < -0.39 is 0 Å². The molecule has 0 spiro atoms. The van der Waals surface area contributed by atoms with Crippen LogP contribution in [0.1, 0.15) is 5.69 Å². The van der Waals surface area contributed by atoms with Gasteiger partial charge in [0.05, 0.1) is 15.7 Å². The first-order valence-electron chi connectivity index (χ1n) is 4.23. The Kier molecular flexibility index (Phi) is 3.24. The second-order valence-electron chi connectivity index (χ2n) is 2.94. The third-order valence-corrected chi connectivity index (χ3v) is 3.08. The van der Waals surface area contributed by atoms with Crippen molar-refractivity contribution >= 4 is 35.8 Å². The van der Waals surface area contributed by atoms with Gasteiger partial charge >= 0.3 is 0 Å². The van der Waals surface area contributed by atoms with Crippen molar-refractivity contribution in [2.45, 2.75) is 5.75 Å². The number of benzene rings is 1. The average molecular weight is 260 g/mol. The van der Waals surface area contributed by atoms with Gasteiger partial charge in [-0.3, -0.25) is 0 Å². The van der Waals surface area contributed by atoms with Crippen molar-refractivity contribution in [2.75, 3.05) is 0 Å². The fourth-order valence-electron chi connectivity index (χ4n) is 1.21. The van der Waals surface area contributed by atoms with Crippen LogP contribution in [-0.4, -0.2) is 5.16 Å². The van der Waals surface area contributed by atoms with Gasteiger partial charge in [0.2, 0.25) is 0 Å². The molecular weight excluding hydrogens is 253 g/mol. The van der Waals surface area contributed by atoms with Gasteiger partial charge in [-0.05, 0) is 12.1 Å². The Hall–Kier alpha value is -0.640. The summed E-state index contributed by atoms with van der Waals surface area (Å²) in [6.45, 7) is 0. The van der Waals surface area contributed by atoms with E-state index in [-0.39, 0.29) is 0 Å². The van der Waals surface area contributed by atoms with E-state index in [0.29, 0.717) is 21.6 Å². The van der Waals surface area contributed by atoms with Crippen LogP contribution in [0.25, 0.3) is 11.3 Å². The number of aromatic nitrogens is 1. The third kappa shape index (κ3) is 2.14. The molecule has 0 N–H and O–H groups in total. The quantitative estimate of drug-likeness (QED) is 0.823. The van der Waals surface area contributed by atoms with Gasteiger partial charge < -0.3 is 4.52 Å².